The largest absolute Gasteiger partial charge is 0.756 e. The number of allylic oxidation sites excluding steroid dienone is 8. The van der Waals surface area contributed by atoms with E-state index in [4.69, 9.17) is 18.5 Å². The van der Waals surface area contributed by atoms with Crippen molar-refractivity contribution in [3.05, 3.63) is 48.6 Å². The number of hydrogen-bond acceptors (Lipinski definition) is 9. The second kappa shape index (κ2) is 37.9. The fraction of sp³-hybridized carbons (Fsp3) is 0.761. The monoisotopic (exact) mass is 824 g/mol. The SMILES string of the molecule is CCCCC/C=C\C=C\C(=O)CCCCCCCC(=O)O[C@H](COC(=O)CCCCCCCCC/C=C\C/C=C\CCCCC)COP(=O)([O-])OCC[N+](C)(C)C. The van der Waals surface area contributed by atoms with Crippen LogP contribution >= 0.6 is 7.82 Å². The zero-order chi connectivity index (χ0) is 42.3. The third kappa shape index (κ3) is 41.6. The van der Waals surface area contributed by atoms with Gasteiger partial charge >= 0.3 is 11.9 Å². The first-order valence-corrected chi connectivity index (χ1v) is 23.8. The molecule has 0 heterocycles. The number of ether oxygens (including phenoxy) is 2. The van der Waals surface area contributed by atoms with Gasteiger partial charge in [-0.05, 0) is 70.3 Å². The molecule has 2 atom stereocenters. The predicted octanol–water partition coefficient (Wildman–Crippen LogP) is 11.2. The highest BCUT2D eigenvalue weighted by Gasteiger charge is 2.21. The molecule has 1 unspecified atom stereocenters. The van der Waals surface area contributed by atoms with E-state index in [1.165, 1.54) is 64.2 Å². The molecule has 57 heavy (non-hydrogen) atoms. The molecule has 10 nitrogen and oxygen atoms in total. The van der Waals surface area contributed by atoms with Crippen LogP contribution in [0.15, 0.2) is 48.6 Å². The van der Waals surface area contributed by atoms with Gasteiger partial charge in [0.2, 0.25) is 0 Å². The Labute approximate surface area is 348 Å². The standard InChI is InChI=1S/C46H82NO9P/c1-6-8-10-12-14-15-16-17-18-19-20-21-22-23-25-29-33-37-45(49)53-41-44(42-55-57(51,52)54-40-39-47(3,4)5)56-46(50)38-34-30-26-28-32-36-43(48)35-31-27-24-13-11-9-7-2/h14-15,17-18,24,27,31,35,44H,6-13,16,19-23,25-26,28-30,32-34,36-42H2,1-5H3/b15-14-,18-17-,27-24-,35-31+/t44-/m1/s1. The van der Waals surface area contributed by atoms with Crippen LogP contribution in [-0.4, -0.2) is 75.8 Å². The highest BCUT2D eigenvalue weighted by molar-refractivity contribution is 7.45. The number of esters is 2. The lowest BCUT2D eigenvalue weighted by atomic mass is 10.1. The molecule has 330 valence electrons. The first kappa shape index (κ1) is 54.6. The van der Waals surface area contributed by atoms with Gasteiger partial charge in [-0.2, -0.15) is 0 Å². The van der Waals surface area contributed by atoms with Crippen molar-refractivity contribution in [3.63, 3.8) is 0 Å². The minimum Gasteiger partial charge on any atom is -0.756 e. The molecular formula is C46H82NO9P. The Morgan fingerprint density at radius 2 is 1.11 bits per heavy atom. The molecule has 0 rings (SSSR count). The highest BCUT2D eigenvalue weighted by atomic mass is 31.2. The molecule has 0 aliphatic heterocycles. The van der Waals surface area contributed by atoms with Crippen LogP contribution in [-0.2, 0) is 37.5 Å². The number of quaternary nitrogens is 1. The van der Waals surface area contributed by atoms with Gasteiger partial charge in [0.15, 0.2) is 11.9 Å². The van der Waals surface area contributed by atoms with Gasteiger partial charge in [-0.3, -0.25) is 18.9 Å². The molecule has 0 saturated heterocycles. The Morgan fingerprint density at radius 3 is 1.68 bits per heavy atom. The smallest absolute Gasteiger partial charge is 0.306 e. The average molecular weight is 824 g/mol. The van der Waals surface area contributed by atoms with Gasteiger partial charge in [0.05, 0.1) is 27.7 Å². The van der Waals surface area contributed by atoms with Gasteiger partial charge in [-0.15, -0.1) is 0 Å². The fourth-order valence-electron chi connectivity index (χ4n) is 5.72. The van der Waals surface area contributed by atoms with Crippen LogP contribution in [0, 0.1) is 0 Å². The molecule has 0 radical (unpaired) electrons. The molecule has 0 aliphatic carbocycles. The van der Waals surface area contributed by atoms with Crippen molar-refractivity contribution in [1.82, 2.24) is 0 Å². The Morgan fingerprint density at radius 1 is 0.596 bits per heavy atom. The van der Waals surface area contributed by atoms with E-state index in [1.54, 1.807) is 6.08 Å². The van der Waals surface area contributed by atoms with E-state index in [1.807, 2.05) is 33.3 Å². The molecule has 0 amide bonds. The van der Waals surface area contributed by atoms with E-state index >= 15 is 0 Å². The molecule has 0 saturated carbocycles. The summed E-state index contributed by atoms with van der Waals surface area (Å²) in [5.74, 6) is -0.823. The summed E-state index contributed by atoms with van der Waals surface area (Å²) in [5.41, 5.74) is 0. The minimum absolute atomic E-state index is 0.0557. The quantitative estimate of drug-likeness (QED) is 0.0113. The highest BCUT2D eigenvalue weighted by Crippen LogP contribution is 2.38. The number of carbonyl (C=O) groups is 3. The molecule has 0 spiro atoms. The molecule has 0 bridgehead atoms. The summed E-state index contributed by atoms with van der Waals surface area (Å²) in [6, 6.07) is 0. The van der Waals surface area contributed by atoms with Gasteiger partial charge in [0.25, 0.3) is 7.82 Å². The third-order valence-corrected chi connectivity index (χ3v) is 10.3. The minimum atomic E-state index is -4.66. The summed E-state index contributed by atoms with van der Waals surface area (Å²) in [4.78, 5) is 49.6. The fourth-order valence-corrected chi connectivity index (χ4v) is 6.45. The van der Waals surface area contributed by atoms with Gasteiger partial charge < -0.3 is 27.9 Å². The number of ketones is 1. The van der Waals surface area contributed by atoms with Crippen molar-refractivity contribution >= 4 is 25.5 Å². The lowest BCUT2D eigenvalue weighted by Crippen LogP contribution is -2.37. The van der Waals surface area contributed by atoms with Gasteiger partial charge in [-0.1, -0.05) is 133 Å². The Balaban J connectivity index is 4.45. The number of nitrogens with zero attached hydrogens (tertiary/aromatic N) is 1. The van der Waals surface area contributed by atoms with Crippen molar-refractivity contribution in [2.75, 3.05) is 47.5 Å². The van der Waals surface area contributed by atoms with E-state index in [0.29, 0.717) is 30.3 Å². The average Bonchev–Trinajstić information content (AvgIpc) is 3.15. The van der Waals surface area contributed by atoms with Gasteiger partial charge in [0.1, 0.15) is 19.8 Å². The maximum Gasteiger partial charge on any atom is 0.306 e. The second-order valence-corrected chi connectivity index (χ2v) is 17.5. The zero-order valence-electron chi connectivity index (χ0n) is 36.8. The van der Waals surface area contributed by atoms with E-state index in [9.17, 15) is 23.8 Å². The van der Waals surface area contributed by atoms with E-state index in [0.717, 1.165) is 64.2 Å². The molecule has 0 aromatic rings. The topological polar surface area (TPSA) is 128 Å². The second-order valence-electron chi connectivity index (χ2n) is 16.1. The Hall–Kier alpha value is -2.36. The predicted molar refractivity (Wildman–Crippen MR) is 232 cm³/mol. The molecule has 11 heteroatoms. The lowest BCUT2D eigenvalue weighted by Gasteiger charge is -2.28. The van der Waals surface area contributed by atoms with Gasteiger partial charge in [0, 0.05) is 19.3 Å². The third-order valence-electron chi connectivity index (χ3n) is 9.30. The maximum absolute atomic E-state index is 12.7. The Kier molecular flexibility index (Phi) is 36.3. The van der Waals surface area contributed by atoms with E-state index in [-0.39, 0.29) is 31.8 Å². The molecule has 0 aliphatic rings. The molecular weight excluding hydrogens is 741 g/mol. The number of phosphoric ester groups is 1. The maximum atomic E-state index is 12.7. The van der Waals surface area contributed by atoms with Crippen LogP contribution in [0.2, 0.25) is 0 Å². The van der Waals surface area contributed by atoms with Crippen LogP contribution in [0.4, 0.5) is 0 Å². The number of unbranched alkanes of at least 4 members (excludes halogenated alkanes) is 17. The van der Waals surface area contributed by atoms with E-state index in [2.05, 4.69) is 44.2 Å². The lowest BCUT2D eigenvalue weighted by molar-refractivity contribution is -0.870. The molecule has 0 fully saturated rings. The molecule has 0 aromatic heterocycles. The number of rotatable bonds is 40. The van der Waals surface area contributed by atoms with Crippen molar-refractivity contribution in [1.29, 1.82) is 0 Å². The number of carbonyl (C=O) groups excluding carboxylic acids is 3. The van der Waals surface area contributed by atoms with Crippen molar-refractivity contribution < 1.29 is 46.8 Å². The summed E-state index contributed by atoms with van der Waals surface area (Å²) in [6.07, 6.45) is 39.5. The van der Waals surface area contributed by atoms with Crippen molar-refractivity contribution in [2.24, 2.45) is 0 Å². The zero-order valence-corrected chi connectivity index (χ0v) is 37.7. The summed E-state index contributed by atoms with van der Waals surface area (Å²) in [6.45, 7) is 3.99. The first-order chi connectivity index (χ1) is 27.4. The number of hydrogen-bond donors (Lipinski definition) is 0. The van der Waals surface area contributed by atoms with Crippen LogP contribution < -0.4 is 4.89 Å². The Bertz CT molecular complexity index is 1170. The normalized spacial score (nSPS) is 13.9. The summed E-state index contributed by atoms with van der Waals surface area (Å²) >= 11 is 0. The van der Waals surface area contributed by atoms with E-state index < -0.39 is 32.5 Å². The summed E-state index contributed by atoms with van der Waals surface area (Å²) in [7, 11) is 1.08. The van der Waals surface area contributed by atoms with Gasteiger partial charge in [-0.25, -0.2) is 0 Å². The molecule has 0 aromatic carbocycles. The van der Waals surface area contributed by atoms with Crippen molar-refractivity contribution in [2.45, 2.75) is 180 Å². The van der Waals surface area contributed by atoms with Crippen LogP contribution in [0.1, 0.15) is 174 Å². The van der Waals surface area contributed by atoms with Crippen LogP contribution in [0.3, 0.4) is 0 Å². The van der Waals surface area contributed by atoms with Crippen LogP contribution in [0.25, 0.3) is 0 Å². The summed E-state index contributed by atoms with van der Waals surface area (Å²) in [5, 5.41) is 0. The molecule has 0 N–H and O–H groups in total. The number of phosphoric acid groups is 1. The first-order valence-electron chi connectivity index (χ1n) is 22.3. The summed E-state index contributed by atoms with van der Waals surface area (Å²) < 4.78 is 33.8. The number of likely N-dealkylation sites (N-methyl/N-ethyl adjacent to an activating group) is 1. The van der Waals surface area contributed by atoms with Crippen LogP contribution in [0.5, 0.6) is 0 Å². The van der Waals surface area contributed by atoms with Crippen molar-refractivity contribution in [3.8, 4) is 0 Å².